The molecule has 1 amide bonds. The highest BCUT2D eigenvalue weighted by molar-refractivity contribution is 7.09. The van der Waals surface area contributed by atoms with Crippen molar-refractivity contribution in [2.45, 2.75) is 39.3 Å². The highest BCUT2D eigenvalue weighted by Gasteiger charge is 2.14. The minimum absolute atomic E-state index is 0.0539. The van der Waals surface area contributed by atoms with Gasteiger partial charge in [-0.2, -0.15) is 0 Å². The zero-order valence-electron chi connectivity index (χ0n) is 12.6. The molecule has 112 valence electrons. The van der Waals surface area contributed by atoms with Crippen LogP contribution in [0.5, 0.6) is 0 Å². The fourth-order valence-electron chi connectivity index (χ4n) is 2.03. The van der Waals surface area contributed by atoms with Crippen molar-refractivity contribution in [2.75, 3.05) is 0 Å². The van der Waals surface area contributed by atoms with Crippen LogP contribution in [0.4, 0.5) is 0 Å². The van der Waals surface area contributed by atoms with Gasteiger partial charge in [0.25, 0.3) is 5.91 Å². The number of amides is 1. The summed E-state index contributed by atoms with van der Waals surface area (Å²) < 4.78 is 0. The van der Waals surface area contributed by atoms with Crippen LogP contribution in [0.1, 0.15) is 59.4 Å². The Morgan fingerprint density at radius 1 is 1.24 bits per heavy atom. The van der Waals surface area contributed by atoms with Crippen molar-refractivity contribution < 1.29 is 4.79 Å². The third-order valence-electron chi connectivity index (χ3n) is 3.41. The SMILES string of the molecule is CC(C)c1ccc(C(C)NC(=O)c2csc(CN)n2)cc1. The standard InChI is InChI=1S/C16H21N3OS/c1-10(2)12-4-6-13(7-5-12)11(3)18-16(20)14-9-21-15(8-17)19-14/h4-7,9-11H,8,17H2,1-3H3,(H,18,20). The lowest BCUT2D eigenvalue weighted by molar-refractivity contribution is 0.0935. The van der Waals surface area contributed by atoms with Crippen molar-refractivity contribution in [1.82, 2.24) is 10.3 Å². The fraction of sp³-hybridized carbons (Fsp3) is 0.375. The maximum absolute atomic E-state index is 12.1. The van der Waals surface area contributed by atoms with Crippen LogP contribution >= 0.6 is 11.3 Å². The Kier molecular flexibility index (Phi) is 5.09. The first kappa shape index (κ1) is 15.7. The summed E-state index contributed by atoms with van der Waals surface area (Å²) in [7, 11) is 0. The van der Waals surface area contributed by atoms with E-state index in [0.29, 0.717) is 18.2 Å². The lowest BCUT2D eigenvalue weighted by Gasteiger charge is -2.14. The van der Waals surface area contributed by atoms with Gasteiger partial charge in [-0.05, 0) is 24.0 Å². The number of hydrogen-bond donors (Lipinski definition) is 2. The van der Waals surface area contributed by atoms with E-state index in [1.165, 1.54) is 16.9 Å². The van der Waals surface area contributed by atoms with Crippen molar-refractivity contribution in [2.24, 2.45) is 5.73 Å². The van der Waals surface area contributed by atoms with Crippen LogP contribution in [0.25, 0.3) is 0 Å². The van der Waals surface area contributed by atoms with Crippen molar-refractivity contribution >= 4 is 17.2 Å². The maximum Gasteiger partial charge on any atom is 0.271 e. The van der Waals surface area contributed by atoms with Crippen LogP contribution in [0.2, 0.25) is 0 Å². The lowest BCUT2D eigenvalue weighted by Crippen LogP contribution is -2.27. The summed E-state index contributed by atoms with van der Waals surface area (Å²) >= 11 is 1.41. The molecule has 4 nitrogen and oxygen atoms in total. The third kappa shape index (κ3) is 3.89. The maximum atomic E-state index is 12.1. The van der Waals surface area contributed by atoms with Crippen LogP contribution in [-0.2, 0) is 6.54 Å². The van der Waals surface area contributed by atoms with E-state index >= 15 is 0 Å². The summed E-state index contributed by atoms with van der Waals surface area (Å²) in [5.74, 6) is 0.347. The Bertz CT molecular complexity index is 604. The largest absolute Gasteiger partial charge is 0.344 e. The smallest absolute Gasteiger partial charge is 0.271 e. The Balaban J connectivity index is 2.03. The minimum Gasteiger partial charge on any atom is -0.344 e. The second kappa shape index (κ2) is 6.83. The molecule has 0 radical (unpaired) electrons. The normalized spacial score (nSPS) is 12.4. The number of rotatable bonds is 5. The average Bonchev–Trinajstić information content (AvgIpc) is 2.96. The van der Waals surface area contributed by atoms with E-state index in [0.717, 1.165) is 10.6 Å². The molecule has 0 bridgehead atoms. The first-order valence-corrected chi connectivity index (χ1v) is 7.94. The van der Waals surface area contributed by atoms with Crippen LogP contribution in [0.3, 0.4) is 0 Å². The molecule has 21 heavy (non-hydrogen) atoms. The van der Waals surface area contributed by atoms with E-state index in [1.54, 1.807) is 5.38 Å². The highest BCUT2D eigenvalue weighted by atomic mass is 32.1. The minimum atomic E-state index is -0.161. The number of nitrogens with two attached hydrogens (primary N) is 1. The lowest BCUT2D eigenvalue weighted by atomic mass is 9.99. The molecule has 2 aromatic rings. The molecule has 1 heterocycles. The van der Waals surface area contributed by atoms with Crippen molar-refractivity contribution in [3.63, 3.8) is 0 Å². The molecule has 0 spiro atoms. The number of hydrogen-bond acceptors (Lipinski definition) is 4. The van der Waals surface area contributed by atoms with Gasteiger partial charge in [-0.1, -0.05) is 38.1 Å². The van der Waals surface area contributed by atoms with Crippen LogP contribution < -0.4 is 11.1 Å². The quantitative estimate of drug-likeness (QED) is 0.891. The number of aromatic nitrogens is 1. The first-order chi connectivity index (χ1) is 10.0. The number of carbonyl (C=O) groups is 1. The van der Waals surface area contributed by atoms with Gasteiger partial charge in [0.15, 0.2) is 0 Å². The predicted molar refractivity (Wildman–Crippen MR) is 86.4 cm³/mol. The van der Waals surface area contributed by atoms with E-state index in [2.05, 4.69) is 48.4 Å². The molecule has 2 rings (SSSR count). The van der Waals surface area contributed by atoms with Crippen molar-refractivity contribution in [3.05, 3.63) is 51.5 Å². The Morgan fingerprint density at radius 2 is 1.86 bits per heavy atom. The summed E-state index contributed by atoms with van der Waals surface area (Å²) in [4.78, 5) is 16.3. The molecule has 0 saturated heterocycles. The molecular weight excluding hydrogens is 282 g/mol. The van der Waals surface area contributed by atoms with Crippen molar-refractivity contribution in [3.8, 4) is 0 Å². The molecule has 1 unspecified atom stereocenters. The number of nitrogens with zero attached hydrogens (tertiary/aromatic N) is 1. The topological polar surface area (TPSA) is 68.0 Å². The van der Waals surface area contributed by atoms with Gasteiger partial charge in [-0.3, -0.25) is 4.79 Å². The van der Waals surface area contributed by atoms with E-state index in [1.807, 2.05) is 6.92 Å². The number of nitrogens with one attached hydrogen (secondary N) is 1. The molecule has 3 N–H and O–H groups in total. The summed E-state index contributed by atoms with van der Waals surface area (Å²) in [5.41, 5.74) is 8.33. The third-order valence-corrected chi connectivity index (χ3v) is 4.28. The Morgan fingerprint density at radius 3 is 2.38 bits per heavy atom. The molecule has 0 aliphatic heterocycles. The molecule has 1 aromatic heterocycles. The summed E-state index contributed by atoms with van der Waals surface area (Å²) in [6, 6.07) is 8.29. The zero-order chi connectivity index (χ0) is 15.4. The molecule has 0 aliphatic rings. The van der Waals surface area contributed by atoms with Gasteiger partial charge in [0.2, 0.25) is 0 Å². The van der Waals surface area contributed by atoms with Gasteiger partial charge in [-0.25, -0.2) is 4.98 Å². The summed E-state index contributed by atoms with van der Waals surface area (Å²) in [6.45, 7) is 6.66. The van der Waals surface area contributed by atoms with Gasteiger partial charge in [0.1, 0.15) is 10.7 Å². The molecule has 0 fully saturated rings. The van der Waals surface area contributed by atoms with Gasteiger partial charge >= 0.3 is 0 Å². The van der Waals surface area contributed by atoms with Gasteiger partial charge < -0.3 is 11.1 Å². The molecule has 5 heteroatoms. The monoisotopic (exact) mass is 303 g/mol. The molecule has 1 atom stereocenters. The van der Waals surface area contributed by atoms with Gasteiger partial charge in [0.05, 0.1) is 6.04 Å². The van der Waals surface area contributed by atoms with Gasteiger partial charge in [-0.15, -0.1) is 11.3 Å². The summed E-state index contributed by atoms with van der Waals surface area (Å²) in [6.07, 6.45) is 0. The van der Waals surface area contributed by atoms with Gasteiger partial charge in [0, 0.05) is 11.9 Å². The van der Waals surface area contributed by atoms with Crippen molar-refractivity contribution in [1.29, 1.82) is 0 Å². The number of benzene rings is 1. The van der Waals surface area contributed by atoms with E-state index in [4.69, 9.17) is 5.73 Å². The summed E-state index contributed by atoms with van der Waals surface area (Å²) in [5, 5.41) is 5.48. The van der Waals surface area contributed by atoms with E-state index in [-0.39, 0.29) is 11.9 Å². The Hall–Kier alpha value is -1.72. The molecule has 1 aromatic carbocycles. The second-order valence-electron chi connectivity index (χ2n) is 5.35. The predicted octanol–water partition coefficient (Wildman–Crippen LogP) is 3.22. The number of thiazole rings is 1. The zero-order valence-corrected chi connectivity index (χ0v) is 13.4. The molecule has 0 saturated carbocycles. The van der Waals surface area contributed by atoms with Crippen LogP contribution in [0, 0.1) is 0 Å². The number of carbonyl (C=O) groups excluding carboxylic acids is 1. The van der Waals surface area contributed by atoms with E-state index in [9.17, 15) is 4.79 Å². The van der Waals surface area contributed by atoms with Crippen LogP contribution in [-0.4, -0.2) is 10.9 Å². The average molecular weight is 303 g/mol. The first-order valence-electron chi connectivity index (χ1n) is 7.06. The second-order valence-corrected chi connectivity index (χ2v) is 6.29. The molecule has 0 aliphatic carbocycles. The highest BCUT2D eigenvalue weighted by Crippen LogP contribution is 2.19. The Labute approximate surface area is 129 Å². The van der Waals surface area contributed by atoms with E-state index < -0.39 is 0 Å². The van der Waals surface area contributed by atoms with Crippen LogP contribution in [0.15, 0.2) is 29.6 Å². The molecular formula is C16H21N3OS. The fourth-order valence-corrected chi connectivity index (χ4v) is 2.69.